The zero-order valence-corrected chi connectivity index (χ0v) is 18.3. The summed E-state index contributed by atoms with van der Waals surface area (Å²) in [6.45, 7) is 5.57. The Morgan fingerprint density at radius 1 is 1.03 bits per heavy atom. The van der Waals surface area contributed by atoms with Gasteiger partial charge in [0, 0.05) is 43.7 Å². The minimum atomic E-state index is -0.0447. The number of aromatic nitrogens is 2. The Hall–Kier alpha value is -3.63. The fourth-order valence-corrected chi connectivity index (χ4v) is 3.97. The number of hydrogen-bond acceptors (Lipinski definition) is 8. The zero-order valence-electron chi connectivity index (χ0n) is 18.3. The molecule has 2 aromatic carbocycles. The van der Waals surface area contributed by atoms with E-state index in [1.54, 1.807) is 0 Å². The number of ether oxygens (including phenoxy) is 3. The summed E-state index contributed by atoms with van der Waals surface area (Å²) in [7, 11) is 0. The van der Waals surface area contributed by atoms with Crippen molar-refractivity contribution in [2.45, 2.75) is 6.42 Å². The lowest BCUT2D eigenvalue weighted by Crippen LogP contribution is -2.38. The lowest BCUT2D eigenvalue weighted by atomic mass is 10.1. The molecular formula is C23H27N7O3. The van der Waals surface area contributed by atoms with Gasteiger partial charge in [0.15, 0.2) is 23.3 Å². The van der Waals surface area contributed by atoms with E-state index >= 15 is 0 Å². The molecule has 0 aliphatic carbocycles. The van der Waals surface area contributed by atoms with Crippen LogP contribution in [-0.2, 0) is 11.2 Å². The molecule has 2 aliphatic heterocycles. The maximum absolute atomic E-state index is 5.66. The number of nitrogens with zero attached hydrogens (tertiary/aromatic N) is 4. The molecule has 1 fully saturated rings. The summed E-state index contributed by atoms with van der Waals surface area (Å²) in [4.78, 5) is 16.0. The van der Waals surface area contributed by atoms with Crippen molar-refractivity contribution in [3.63, 3.8) is 0 Å². The molecule has 5 N–H and O–H groups in total. The molecule has 172 valence electrons. The molecule has 1 saturated heterocycles. The Balaban J connectivity index is 1.38. The number of hydrogen-bond donors (Lipinski definition) is 3. The first-order valence-corrected chi connectivity index (χ1v) is 11.0. The molecule has 0 radical (unpaired) electrons. The van der Waals surface area contributed by atoms with Crippen molar-refractivity contribution in [3.05, 3.63) is 47.8 Å². The van der Waals surface area contributed by atoms with E-state index in [4.69, 9.17) is 30.7 Å². The second-order valence-electron chi connectivity index (χ2n) is 7.98. The number of fused-ring (bicyclic) bond motifs is 2. The van der Waals surface area contributed by atoms with Crippen molar-refractivity contribution in [3.8, 4) is 11.5 Å². The second kappa shape index (κ2) is 9.47. The lowest BCUT2D eigenvalue weighted by Gasteiger charge is -2.26. The highest BCUT2D eigenvalue weighted by molar-refractivity contribution is 5.92. The summed E-state index contributed by atoms with van der Waals surface area (Å²) < 4.78 is 16.3. The van der Waals surface area contributed by atoms with Crippen LogP contribution in [0.3, 0.4) is 0 Å². The van der Waals surface area contributed by atoms with Crippen molar-refractivity contribution >= 4 is 28.4 Å². The molecule has 0 bridgehead atoms. The quantitative estimate of drug-likeness (QED) is 0.363. The molecule has 5 rings (SSSR count). The standard InChI is InChI=1S/C23H27N7O3/c24-23(25)29-22-17-3-2-16(26-5-6-30-7-9-31-10-8-30)13-18(17)27-21(28-22)12-15-1-4-19-20(11-15)33-14-32-19/h1-4,11,13,26H,5-10,12,14H2,(H4,24,25,27,28,29). The van der Waals surface area contributed by atoms with E-state index in [0.29, 0.717) is 18.1 Å². The first-order chi connectivity index (χ1) is 16.1. The van der Waals surface area contributed by atoms with Crippen molar-refractivity contribution in [2.24, 2.45) is 16.5 Å². The minimum absolute atomic E-state index is 0.0447. The lowest BCUT2D eigenvalue weighted by molar-refractivity contribution is 0.0398. The van der Waals surface area contributed by atoms with Gasteiger partial charge in [-0.3, -0.25) is 4.90 Å². The minimum Gasteiger partial charge on any atom is -0.454 e. The number of nitrogens with two attached hydrogens (primary N) is 2. The molecule has 10 heteroatoms. The van der Waals surface area contributed by atoms with Gasteiger partial charge in [0.25, 0.3) is 0 Å². The third kappa shape index (κ3) is 5.07. The molecule has 10 nitrogen and oxygen atoms in total. The first kappa shape index (κ1) is 21.2. The average molecular weight is 450 g/mol. The predicted octanol–water partition coefficient (Wildman–Crippen LogP) is 1.60. The molecule has 0 amide bonds. The third-order valence-corrected chi connectivity index (χ3v) is 5.62. The Labute approximate surface area is 191 Å². The Kier molecular flexibility index (Phi) is 6.09. The van der Waals surface area contributed by atoms with Crippen LogP contribution in [0, 0.1) is 0 Å². The third-order valence-electron chi connectivity index (χ3n) is 5.62. The SMILES string of the molecule is NC(N)=Nc1nc(Cc2ccc3c(c2)OCO3)nc2cc(NCCN3CCOCC3)ccc12. The van der Waals surface area contributed by atoms with Crippen LogP contribution in [-0.4, -0.2) is 67.0 Å². The normalized spacial score (nSPS) is 15.5. The van der Waals surface area contributed by atoms with Gasteiger partial charge in [0.05, 0.1) is 18.7 Å². The van der Waals surface area contributed by atoms with Gasteiger partial charge in [0.1, 0.15) is 5.82 Å². The largest absolute Gasteiger partial charge is 0.454 e. The van der Waals surface area contributed by atoms with Crippen molar-refractivity contribution < 1.29 is 14.2 Å². The van der Waals surface area contributed by atoms with Crippen LogP contribution in [0.1, 0.15) is 11.4 Å². The summed E-state index contributed by atoms with van der Waals surface area (Å²) in [6, 6.07) is 11.8. The van der Waals surface area contributed by atoms with Gasteiger partial charge < -0.3 is 31.0 Å². The molecule has 3 heterocycles. The number of nitrogens with one attached hydrogen (secondary N) is 1. The van der Waals surface area contributed by atoms with E-state index in [0.717, 1.165) is 73.0 Å². The highest BCUT2D eigenvalue weighted by Crippen LogP contribution is 2.33. The van der Waals surface area contributed by atoms with E-state index in [2.05, 4.69) is 20.2 Å². The van der Waals surface area contributed by atoms with Crippen LogP contribution < -0.4 is 26.3 Å². The molecule has 0 atom stereocenters. The topological polar surface area (TPSA) is 133 Å². The van der Waals surface area contributed by atoms with E-state index < -0.39 is 0 Å². The first-order valence-electron chi connectivity index (χ1n) is 11.0. The Morgan fingerprint density at radius 2 is 1.88 bits per heavy atom. The fourth-order valence-electron chi connectivity index (χ4n) is 3.97. The monoisotopic (exact) mass is 449 g/mol. The molecule has 0 unspecified atom stereocenters. The van der Waals surface area contributed by atoms with Gasteiger partial charge in [-0.15, -0.1) is 0 Å². The van der Waals surface area contributed by atoms with Crippen LogP contribution >= 0.6 is 0 Å². The van der Waals surface area contributed by atoms with Crippen LogP contribution in [0.5, 0.6) is 11.5 Å². The zero-order chi connectivity index (χ0) is 22.6. The van der Waals surface area contributed by atoms with E-state index in [9.17, 15) is 0 Å². The van der Waals surface area contributed by atoms with Crippen molar-refractivity contribution in [2.75, 3.05) is 51.5 Å². The number of anilines is 1. The Bertz CT molecular complexity index is 1170. The molecule has 1 aromatic heterocycles. The maximum Gasteiger partial charge on any atom is 0.231 e. The fraction of sp³-hybridized carbons (Fsp3) is 0.348. The predicted molar refractivity (Wildman–Crippen MR) is 126 cm³/mol. The molecule has 33 heavy (non-hydrogen) atoms. The molecule has 2 aliphatic rings. The van der Waals surface area contributed by atoms with E-state index in [-0.39, 0.29) is 12.8 Å². The molecule has 0 saturated carbocycles. The van der Waals surface area contributed by atoms with Gasteiger partial charge >= 0.3 is 0 Å². The van der Waals surface area contributed by atoms with Crippen LogP contribution in [0.25, 0.3) is 10.9 Å². The summed E-state index contributed by atoms with van der Waals surface area (Å²) >= 11 is 0. The van der Waals surface area contributed by atoms with Crippen LogP contribution in [0.4, 0.5) is 11.5 Å². The number of morpholine rings is 1. The van der Waals surface area contributed by atoms with Gasteiger partial charge in [0.2, 0.25) is 6.79 Å². The number of rotatable bonds is 7. The van der Waals surface area contributed by atoms with E-state index in [1.807, 2.05) is 36.4 Å². The Morgan fingerprint density at radius 3 is 2.73 bits per heavy atom. The summed E-state index contributed by atoms with van der Waals surface area (Å²) in [5.74, 6) is 2.50. The number of benzene rings is 2. The highest BCUT2D eigenvalue weighted by atomic mass is 16.7. The molecule has 3 aromatic rings. The summed E-state index contributed by atoms with van der Waals surface area (Å²) in [5, 5.41) is 4.27. The number of aliphatic imine (C=N–C) groups is 1. The van der Waals surface area contributed by atoms with Crippen LogP contribution in [0.2, 0.25) is 0 Å². The average Bonchev–Trinajstić information content (AvgIpc) is 3.27. The van der Waals surface area contributed by atoms with Gasteiger partial charge in [-0.25, -0.2) is 9.97 Å². The van der Waals surface area contributed by atoms with Gasteiger partial charge in [-0.05, 0) is 35.9 Å². The second-order valence-corrected chi connectivity index (χ2v) is 7.98. The highest BCUT2D eigenvalue weighted by Gasteiger charge is 2.15. The number of guanidine groups is 1. The van der Waals surface area contributed by atoms with Crippen molar-refractivity contribution in [1.29, 1.82) is 0 Å². The maximum atomic E-state index is 5.66. The summed E-state index contributed by atoms with van der Waals surface area (Å²) in [5.41, 5.74) is 14.1. The van der Waals surface area contributed by atoms with Crippen LogP contribution in [0.15, 0.2) is 41.4 Å². The van der Waals surface area contributed by atoms with E-state index in [1.165, 1.54) is 0 Å². The summed E-state index contributed by atoms with van der Waals surface area (Å²) in [6.07, 6.45) is 0.508. The van der Waals surface area contributed by atoms with Gasteiger partial charge in [-0.1, -0.05) is 6.07 Å². The van der Waals surface area contributed by atoms with Crippen molar-refractivity contribution in [1.82, 2.24) is 14.9 Å². The smallest absolute Gasteiger partial charge is 0.231 e. The molecular weight excluding hydrogens is 422 g/mol. The van der Waals surface area contributed by atoms with Gasteiger partial charge in [-0.2, -0.15) is 4.99 Å². The molecule has 0 spiro atoms.